The standard InChI is InChI=1S/C14H15N3O/c1-3-4-5-8-17-13-9-11(14(15)18)6-7-12(13)10(2)16-17/h1,6-7,9H,4-5,8H2,2H3,(H2,15,18). The van der Waals surface area contributed by atoms with Crippen LogP contribution in [0.1, 0.15) is 28.9 Å². The first-order chi connectivity index (χ1) is 8.63. The summed E-state index contributed by atoms with van der Waals surface area (Å²) in [5.41, 5.74) is 7.67. The van der Waals surface area contributed by atoms with Gasteiger partial charge in [-0.05, 0) is 25.5 Å². The average molecular weight is 241 g/mol. The summed E-state index contributed by atoms with van der Waals surface area (Å²) in [6, 6.07) is 5.40. The molecule has 2 aromatic rings. The van der Waals surface area contributed by atoms with E-state index in [1.807, 2.05) is 17.7 Å². The van der Waals surface area contributed by atoms with Gasteiger partial charge in [-0.1, -0.05) is 6.07 Å². The van der Waals surface area contributed by atoms with Gasteiger partial charge in [-0.2, -0.15) is 5.10 Å². The van der Waals surface area contributed by atoms with Crippen molar-refractivity contribution in [2.24, 2.45) is 5.73 Å². The maximum Gasteiger partial charge on any atom is 0.248 e. The van der Waals surface area contributed by atoms with Gasteiger partial charge >= 0.3 is 0 Å². The second-order valence-corrected chi connectivity index (χ2v) is 4.21. The van der Waals surface area contributed by atoms with E-state index in [9.17, 15) is 4.79 Å². The molecule has 0 saturated heterocycles. The first-order valence-electron chi connectivity index (χ1n) is 5.84. The Labute approximate surface area is 106 Å². The van der Waals surface area contributed by atoms with Crippen LogP contribution in [-0.4, -0.2) is 15.7 Å². The fourth-order valence-electron chi connectivity index (χ4n) is 1.99. The number of carbonyl (C=O) groups is 1. The van der Waals surface area contributed by atoms with E-state index in [1.54, 1.807) is 12.1 Å². The van der Waals surface area contributed by atoms with Gasteiger partial charge in [0.2, 0.25) is 5.91 Å². The SMILES string of the molecule is C#CCCCn1nc(C)c2ccc(C(N)=O)cc21. The Balaban J connectivity index is 2.43. The minimum atomic E-state index is -0.425. The summed E-state index contributed by atoms with van der Waals surface area (Å²) in [5, 5.41) is 5.50. The lowest BCUT2D eigenvalue weighted by Crippen LogP contribution is -2.11. The van der Waals surface area contributed by atoms with Crippen LogP contribution in [0, 0.1) is 19.3 Å². The highest BCUT2D eigenvalue weighted by molar-refractivity contribution is 5.97. The molecule has 0 saturated carbocycles. The highest BCUT2D eigenvalue weighted by Gasteiger charge is 2.09. The molecule has 0 aliphatic heterocycles. The van der Waals surface area contributed by atoms with Gasteiger partial charge in [-0.25, -0.2) is 0 Å². The van der Waals surface area contributed by atoms with Crippen molar-refractivity contribution in [2.45, 2.75) is 26.3 Å². The third kappa shape index (κ3) is 2.21. The molecule has 2 rings (SSSR count). The summed E-state index contributed by atoms with van der Waals surface area (Å²) in [4.78, 5) is 11.2. The lowest BCUT2D eigenvalue weighted by atomic mass is 10.1. The van der Waals surface area contributed by atoms with Gasteiger partial charge < -0.3 is 5.73 Å². The van der Waals surface area contributed by atoms with Crippen molar-refractivity contribution in [1.82, 2.24) is 9.78 Å². The molecule has 92 valence electrons. The van der Waals surface area contributed by atoms with E-state index < -0.39 is 5.91 Å². The number of aryl methyl sites for hydroxylation is 2. The van der Waals surface area contributed by atoms with Crippen LogP contribution in [-0.2, 0) is 6.54 Å². The number of primary amides is 1. The minimum Gasteiger partial charge on any atom is -0.366 e. The number of aromatic nitrogens is 2. The zero-order chi connectivity index (χ0) is 13.1. The molecule has 2 N–H and O–H groups in total. The predicted octanol–water partition coefficient (Wildman–Crippen LogP) is 1.86. The molecule has 4 heteroatoms. The summed E-state index contributed by atoms with van der Waals surface area (Å²) >= 11 is 0. The quantitative estimate of drug-likeness (QED) is 0.656. The van der Waals surface area contributed by atoms with Crippen LogP contribution in [0.3, 0.4) is 0 Å². The molecule has 1 aromatic carbocycles. The summed E-state index contributed by atoms with van der Waals surface area (Å²) < 4.78 is 1.88. The van der Waals surface area contributed by atoms with Crippen LogP contribution in [0.25, 0.3) is 10.9 Å². The lowest BCUT2D eigenvalue weighted by molar-refractivity contribution is 0.100. The van der Waals surface area contributed by atoms with Gasteiger partial charge in [-0.3, -0.25) is 9.48 Å². The highest BCUT2D eigenvalue weighted by atomic mass is 16.1. The Morgan fingerprint density at radius 2 is 2.33 bits per heavy atom. The van der Waals surface area contributed by atoms with E-state index in [0.29, 0.717) is 5.56 Å². The third-order valence-corrected chi connectivity index (χ3v) is 2.91. The van der Waals surface area contributed by atoms with Gasteiger partial charge in [0.1, 0.15) is 0 Å². The normalized spacial score (nSPS) is 10.4. The van der Waals surface area contributed by atoms with E-state index in [-0.39, 0.29) is 0 Å². The first kappa shape index (κ1) is 12.2. The van der Waals surface area contributed by atoms with Gasteiger partial charge in [0.15, 0.2) is 0 Å². The number of unbranched alkanes of at least 4 members (excludes halogenated alkanes) is 1. The molecule has 1 aromatic heterocycles. The van der Waals surface area contributed by atoms with Gasteiger partial charge in [0.05, 0.1) is 11.2 Å². The summed E-state index contributed by atoms with van der Waals surface area (Å²) in [5.74, 6) is 2.18. The number of nitrogens with two attached hydrogens (primary N) is 1. The van der Waals surface area contributed by atoms with E-state index in [0.717, 1.165) is 36.0 Å². The molecule has 0 aliphatic carbocycles. The van der Waals surface area contributed by atoms with Crippen LogP contribution in [0.4, 0.5) is 0 Å². The Kier molecular flexibility index (Phi) is 3.33. The van der Waals surface area contributed by atoms with Crippen molar-refractivity contribution in [3.63, 3.8) is 0 Å². The smallest absolute Gasteiger partial charge is 0.248 e. The number of rotatable bonds is 4. The average Bonchev–Trinajstić information content (AvgIpc) is 2.66. The lowest BCUT2D eigenvalue weighted by Gasteiger charge is -2.02. The summed E-state index contributed by atoms with van der Waals surface area (Å²) in [7, 11) is 0. The number of amides is 1. The maximum absolute atomic E-state index is 11.2. The molecule has 4 nitrogen and oxygen atoms in total. The molecular weight excluding hydrogens is 226 g/mol. The molecule has 1 amide bonds. The van der Waals surface area contributed by atoms with Crippen LogP contribution in [0.2, 0.25) is 0 Å². The topological polar surface area (TPSA) is 60.9 Å². The van der Waals surface area contributed by atoms with Crippen LogP contribution in [0.15, 0.2) is 18.2 Å². The van der Waals surface area contributed by atoms with E-state index in [1.165, 1.54) is 0 Å². The number of hydrogen-bond donors (Lipinski definition) is 1. The van der Waals surface area contributed by atoms with Crippen molar-refractivity contribution >= 4 is 16.8 Å². The molecule has 0 spiro atoms. The monoisotopic (exact) mass is 241 g/mol. The van der Waals surface area contributed by atoms with Gasteiger partial charge in [0.25, 0.3) is 0 Å². The molecule has 0 radical (unpaired) electrons. The van der Waals surface area contributed by atoms with Crippen LogP contribution >= 0.6 is 0 Å². The van der Waals surface area contributed by atoms with Gasteiger partial charge in [0, 0.05) is 23.9 Å². The Bertz CT molecular complexity index is 634. The largest absolute Gasteiger partial charge is 0.366 e. The summed E-state index contributed by atoms with van der Waals surface area (Å²) in [6.07, 6.45) is 6.82. The number of hydrogen-bond acceptors (Lipinski definition) is 2. The number of fused-ring (bicyclic) bond motifs is 1. The van der Waals surface area contributed by atoms with Crippen molar-refractivity contribution in [2.75, 3.05) is 0 Å². The molecule has 0 fully saturated rings. The maximum atomic E-state index is 11.2. The minimum absolute atomic E-state index is 0.425. The number of carbonyl (C=O) groups excluding carboxylic acids is 1. The predicted molar refractivity (Wildman–Crippen MR) is 71.1 cm³/mol. The second kappa shape index (κ2) is 4.92. The molecule has 0 bridgehead atoms. The zero-order valence-corrected chi connectivity index (χ0v) is 10.3. The fraction of sp³-hybridized carbons (Fsp3) is 0.286. The van der Waals surface area contributed by atoms with Crippen molar-refractivity contribution in [3.05, 3.63) is 29.5 Å². The van der Waals surface area contributed by atoms with Crippen molar-refractivity contribution < 1.29 is 4.79 Å². The Morgan fingerprint density at radius 3 is 3.00 bits per heavy atom. The first-order valence-corrected chi connectivity index (χ1v) is 5.84. The fourth-order valence-corrected chi connectivity index (χ4v) is 1.99. The van der Waals surface area contributed by atoms with E-state index in [4.69, 9.17) is 12.2 Å². The van der Waals surface area contributed by atoms with E-state index in [2.05, 4.69) is 11.0 Å². The second-order valence-electron chi connectivity index (χ2n) is 4.21. The summed E-state index contributed by atoms with van der Waals surface area (Å²) in [6.45, 7) is 2.70. The highest BCUT2D eigenvalue weighted by Crippen LogP contribution is 2.20. The number of nitrogens with zero attached hydrogens (tertiary/aromatic N) is 2. The number of benzene rings is 1. The van der Waals surface area contributed by atoms with Gasteiger partial charge in [-0.15, -0.1) is 12.3 Å². The molecular formula is C14H15N3O. The molecule has 0 unspecified atom stereocenters. The number of terminal acetylenes is 1. The Morgan fingerprint density at radius 1 is 1.56 bits per heavy atom. The van der Waals surface area contributed by atoms with Crippen LogP contribution < -0.4 is 5.73 Å². The molecule has 0 aliphatic rings. The molecule has 0 atom stereocenters. The van der Waals surface area contributed by atoms with Crippen molar-refractivity contribution in [1.29, 1.82) is 0 Å². The molecule has 1 heterocycles. The zero-order valence-electron chi connectivity index (χ0n) is 10.3. The Hall–Kier alpha value is -2.28. The molecule has 18 heavy (non-hydrogen) atoms. The third-order valence-electron chi connectivity index (χ3n) is 2.91. The van der Waals surface area contributed by atoms with E-state index >= 15 is 0 Å². The van der Waals surface area contributed by atoms with Crippen LogP contribution in [0.5, 0.6) is 0 Å². The van der Waals surface area contributed by atoms with Crippen molar-refractivity contribution in [3.8, 4) is 12.3 Å².